The molecule has 0 saturated carbocycles. The zero-order chi connectivity index (χ0) is 16.9. The maximum absolute atomic E-state index is 12.0. The molecule has 1 saturated heterocycles. The van der Waals surface area contributed by atoms with Crippen molar-refractivity contribution < 1.29 is 9.53 Å². The number of hydrogen-bond donors (Lipinski definition) is 2. The van der Waals surface area contributed by atoms with Gasteiger partial charge in [-0.2, -0.15) is 5.10 Å². The van der Waals surface area contributed by atoms with Crippen LogP contribution in [0.1, 0.15) is 22.6 Å². The number of H-pyrrole nitrogens is 1. The third-order valence-electron chi connectivity index (χ3n) is 3.75. The number of thiazole rings is 1. The Morgan fingerprint density at radius 2 is 2.29 bits per heavy atom. The van der Waals surface area contributed by atoms with Crippen molar-refractivity contribution >= 4 is 28.6 Å². The normalized spacial score (nSPS) is 15.2. The molecular formula is C16H21N5O2S. The first-order valence-electron chi connectivity index (χ1n) is 7.87. The van der Waals surface area contributed by atoms with Crippen molar-refractivity contribution in [1.29, 1.82) is 0 Å². The zero-order valence-corrected chi connectivity index (χ0v) is 14.7. The molecule has 1 fully saturated rings. The van der Waals surface area contributed by atoms with Crippen LogP contribution in [-0.4, -0.2) is 48.4 Å². The summed E-state index contributed by atoms with van der Waals surface area (Å²) in [7, 11) is 0. The van der Waals surface area contributed by atoms with Gasteiger partial charge in [-0.3, -0.25) is 4.79 Å². The van der Waals surface area contributed by atoms with E-state index in [9.17, 15) is 4.79 Å². The number of hydrogen-bond acceptors (Lipinski definition) is 6. The van der Waals surface area contributed by atoms with Crippen molar-refractivity contribution in [3.05, 3.63) is 34.1 Å². The molecule has 1 aliphatic rings. The Labute approximate surface area is 144 Å². The Hall–Kier alpha value is -2.19. The van der Waals surface area contributed by atoms with Gasteiger partial charge >= 0.3 is 0 Å². The molecule has 7 nitrogen and oxygen atoms in total. The number of morpholine rings is 1. The number of carbonyl (C=O) groups excluding carboxylic acids is 1. The highest BCUT2D eigenvalue weighted by molar-refractivity contribution is 7.13. The van der Waals surface area contributed by atoms with Crippen LogP contribution < -0.4 is 10.3 Å². The van der Waals surface area contributed by atoms with E-state index in [4.69, 9.17) is 4.74 Å². The minimum absolute atomic E-state index is 0.171. The van der Waals surface area contributed by atoms with Gasteiger partial charge in [0.15, 0.2) is 5.13 Å². The van der Waals surface area contributed by atoms with Gasteiger partial charge < -0.3 is 14.6 Å². The Kier molecular flexibility index (Phi) is 5.27. The standard InChI is InChI=1S/C16H21N5O2S/c1-11-7-13(12(2)18-11)9-17-20-15(22)8-14-10-24-16(19-14)21-3-5-23-6-4-21/h7,9-10,18H,3-6,8H2,1-2H3,(H,20,22)/b17-9+. The van der Waals surface area contributed by atoms with E-state index in [2.05, 4.69) is 25.4 Å². The number of aromatic amines is 1. The van der Waals surface area contributed by atoms with E-state index >= 15 is 0 Å². The molecule has 2 aromatic rings. The molecule has 0 radical (unpaired) electrons. The second-order valence-electron chi connectivity index (χ2n) is 5.72. The van der Waals surface area contributed by atoms with Gasteiger partial charge in [0.1, 0.15) is 0 Å². The van der Waals surface area contributed by atoms with Gasteiger partial charge in [0.05, 0.1) is 31.5 Å². The van der Waals surface area contributed by atoms with Gasteiger partial charge in [-0.05, 0) is 19.9 Å². The first-order chi connectivity index (χ1) is 11.6. The summed E-state index contributed by atoms with van der Waals surface area (Å²) in [5.41, 5.74) is 6.38. The fourth-order valence-corrected chi connectivity index (χ4v) is 3.41. The number of aryl methyl sites for hydroxylation is 2. The van der Waals surface area contributed by atoms with Crippen molar-refractivity contribution in [3.63, 3.8) is 0 Å². The third-order valence-corrected chi connectivity index (χ3v) is 4.70. The molecule has 0 spiro atoms. The van der Waals surface area contributed by atoms with Crippen LogP contribution >= 0.6 is 11.3 Å². The highest BCUT2D eigenvalue weighted by Crippen LogP contribution is 2.21. The quantitative estimate of drug-likeness (QED) is 0.636. The smallest absolute Gasteiger partial charge is 0.246 e. The minimum Gasteiger partial charge on any atom is -0.378 e. The molecule has 1 amide bonds. The van der Waals surface area contributed by atoms with Gasteiger partial charge in [-0.1, -0.05) is 0 Å². The largest absolute Gasteiger partial charge is 0.378 e. The van der Waals surface area contributed by atoms with Crippen molar-refractivity contribution in [3.8, 4) is 0 Å². The predicted octanol–water partition coefficient (Wildman–Crippen LogP) is 1.62. The fraction of sp³-hybridized carbons (Fsp3) is 0.438. The average Bonchev–Trinajstić information content (AvgIpc) is 3.15. The van der Waals surface area contributed by atoms with Gasteiger partial charge in [0, 0.05) is 35.4 Å². The minimum atomic E-state index is -0.171. The number of nitrogens with zero attached hydrogens (tertiary/aromatic N) is 3. The van der Waals surface area contributed by atoms with Crippen molar-refractivity contribution in [1.82, 2.24) is 15.4 Å². The van der Waals surface area contributed by atoms with Crippen molar-refractivity contribution in [2.75, 3.05) is 31.2 Å². The van der Waals surface area contributed by atoms with E-state index in [0.717, 1.165) is 54.1 Å². The third kappa shape index (κ3) is 4.21. The van der Waals surface area contributed by atoms with E-state index in [1.54, 1.807) is 17.6 Å². The Balaban J connectivity index is 1.51. The zero-order valence-electron chi connectivity index (χ0n) is 13.8. The Morgan fingerprint density at radius 1 is 1.50 bits per heavy atom. The molecule has 8 heteroatoms. The number of ether oxygens (including phenoxy) is 1. The molecule has 128 valence electrons. The van der Waals surface area contributed by atoms with Gasteiger partial charge in [-0.15, -0.1) is 11.3 Å². The van der Waals surface area contributed by atoms with Gasteiger partial charge in [-0.25, -0.2) is 10.4 Å². The van der Waals surface area contributed by atoms with Crippen LogP contribution in [-0.2, 0) is 16.0 Å². The van der Waals surface area contributed by atoms with E-state index in [1.165, 1.54) is 0 Å². The Bertz CT molecular complexity index is 731. The summed E-state index contributed by atoms with van der Waals surface area (Å²) in [5.74, 6) is -0.171. The fourth-order valence-electron chi connectivity index (χ4n) is 2.53. The number of anilines is 1. The predicted molar refractivity (Wildman–Crippen MR) is 94.9 cm³/mol. The number of carbonyl (C=O) groups is 1. The van der Waals surface area contributed by atoms with E-state index in [1.807, 2.05) is 25.3 Å². The lowest BCUT2D eigenvalue weighted by atomic mass is 10.3. The summed E-state index contributed by atoms with van der Waals surface area (Å²) in [6.45, 7) is 7.10. The topological polar surface area (TPSA) is 82.6 Å². The molecule has 0 aromatic carbocycles. The van der Waals surface area contributed by atoms with E-state index < -0.39 is 0 Å². The molecular weight excluding hydrogens is 326 g/mol. The van der Waals surface area contributed by atoms with Crippen molar-refractivity contribution in [2.45, 2.75) is 20.3 Å². The number of nitrogens with one attached hydrogen (secondary N) is 2. The van der Waals surface area contributed by atoms with Crippen LogP contribution in [0.15, 0.2) is 16.5 Å². The highest BCUT2D eigenvalue weighted by atomic mass is 32.1. The lowest BCUT2D eigenvalue weighted by Crippen LogP contribution is -2.36. The number of rotatable bonds is 5. The summed E-state index contributed by atoms with van der Waals surface area (Å²) < 4.78 is 5.34. The molecule has 2 aromatic heterocycles. The van der Waals surface area contributed by atoms with Crippen molar-refractivity contribution in [2.24, 2.45) is 5.10 Å². The molecule has 24 heavy (non-hydrogen) atoms. The second-order valence-corrected chi connectivity index (χ2v) is 6.56. The van der Waals surface area contributed by atoms with Gasteiger partial charge in [0.2, 0.25) is 5.91 Å². The summed E-state index contributed by atoms with van der Waals surface area (Å²) in [6.07, 6.45) is 1.88. The summed E-state index contributed by atoms with van der Waals surface area (Å²) in [5, 5.41) is 6.88. The average molecular weight is 347 g/mol. The molecule has 0 unspecified atom stereocenters. The lowest BCUT2D eigenvalue weighted by Gasteiger charge is -2.26. The monoisotopic (exact) mass is 347 g/mol. The summed E-state index contributed by atoms with van der Waals surface area (Å²) >= 11 is 1.56. The first-order valence-corrected chi connectivity index (χ1v) is 8.75. The van der Waals surface area contributed by atoms with Crippen LogP contribution in [0.5, 0.6) is 0 Å². The SMILES string of the molecule is Cc1cc(/C=N/NC(=O)Cc2csc(N3CCOCC3)n2)c(C)[nH]1. The molecule has 0 aliphatic carbocycles. The van der Waals surface area contributed by atoms with E-state index in [-0.39, 0.29) is 12.3 Å². The molecule has 0 bridgehead atoms. The van der Waals surface area contributed by atoms with Crippen LogP contribution in [0.4, 0.5) is 5.13 Å². The van der Waals surface area contributed by atoms with Gasteiger partial charge in [0.25, 0.3) is 0 Å². The van der Waals surface area contributed by atoms with Crippen LogP contribution in [0.3, 0.4) is 0 Å². The maximum Gasteiger partial charge on any atom is 0.246 e. The number of amides is 1. The molecule has 1 aliphatic heterocycles. The number of aromatic nitrogens is 2. The molecule has 3 heterocycles. The summed E-state index contributed by atoms with van der Waals surface area (Å²) in [6, 6.07) is 1.99. The van der Waals surface area contributed by atoms with Crippen LogP contribution in [0.25, 0.3) is 0 Å². The lowest BCUT2D eigenvalue weighted by molar-refractivity contribution is -0.120. The summed E-state index contributed by atoms with van der Waals surface area (Å²) in [4.78, 5) is 21.9. The van der Waals surface area contributed by atoms with E-state index in [0.29, 0.717) is 0 Å². The molecule has 2 N–H and O–H groups in total. The molecule has 3 rings (SSSR count). The number of hydrazone groups is 1. The first kappa shape index (κ1) is 16.7. The van der Waals surface area contributed by atoms with Crippen LogP contribution in [0, 0.1) is 13.8 Å². The maximum atomic E-state index is 12.0. The molecule has 0 atom stereocenters. The Morgan fingerprint density at radius 3 is 3.00 bits per heavy atom. The highest BCUT2D eigenvalue weighted by Gasteiger charge is 2.15. The van der Waals surface area contributed by atoms with Crippen LogP contribution in [0.2, 0.25) is 0 Å². The second kappa shape index (κ2) is 7.59.